The van der Waals surface area contributed by atoms with Gasteiger partial charge in [-0.15, -0.1) is 0 Å². The molecule has 3 rings (SSSR count). The fraction of sp³-hybridized carbons (Fsp3) is 0.467. The molecule has 0 aliphatic carbocycles. The molecule has 0 aromatic heterocycles. The molecular weight excluding hydrogens is 336 g/mol. The summed E-state index contributed by atoms with van der Waals surface area (Å²) in [7, 11) is 0. The van der Waals surface area contributed by atoms with Crippen LogP contribution in [0.1, 0.15) is 24.5 Å². The van der Waals surface area contributed by atoms with Gasteiger partial charge < -0.3 is 15.0 Å². The molecule has 2 aliphatic heterocycles. The lowest BCUT2D eigenvalue weighted by molar-refractivity contribution is -0.144. The third-order valence-electron chi connectivity index (χ3n) is 3.87. The van der Waals surface area contributed by atoms with E-state index in [2.05, 4.69) is 21.2 Å². The van der Waals surface area contributed by atoms with Crippen LogP contribution in [0.5, 0.6) is 5.75 Å². The zero-order chi connectivity index (χ0) is 15.0. The Kier molecular flexibility index (Phi) is 3.89. The number of carbonyl (C=O) groups excluding carboxylic acids is 2. The van der Waals surface area contributed by atoms with Gasteiger partial charge in [0.15, 0.2) is 0 Å². The molecule has 1 aromatic carbocycles. The van der Waals surface area contributed by atoms with Crippen LogP contribution in [-0.2, 0) is 22.6 Å². The number of carbonyl (C=O) groups is 2. The minimum atomic E-state index is -0.410. The first-order chi connectivity index (χ1) is 10.1. The predicted molar refractivity (Wildman–Crippen MR) is 81.0 cm³/mol. The van der Waals surface area contributed by atoms with Crippen LogP contribution in [0.3, 0.4) is 0 Å². The van der Waals surface area contributed by atoms with Crippen LogP contribution in [-0.4, -0.2) is 35.9 Å². The van der Waals surface area contributed by atoms with E-state index in [0.29, 0.717) is 19.6 Å². The molecule has 1 atom stereocenters. The van der Waals surface area contributed by atoms with E-state index in [-0.39, 0.29) is 18.4 Å². The molecule has 6 heteroatoms. The van der Waals surface area contributed by atoms with Crippen molar-refractivity contribution >= 4 is 27.7 Å². The summed E-state index contributed by atoms with van der Waals surface area (Å²) < 4.78 is 6.66. The number of benzene rings is 1. The number of ether oxygens (including phenoxy) is 1. The number of amides is 2. The monoisotopic (exact) mass is 352 g/mol. The lowest BCUT2D eigenvalue weighted by atomic mass is 10.1. The Bertz CT molecular complexity index is 603. The van der Waals surface area contributed by atoms with Gasteiger partial charge in [0, 0.05) is 23.0 Å². The van der Waals surface area contributed by atoms with Gasteiger partial charge in [0.25, 0.3) is 0 Å². The lowest BCUT2D eigenvalue weighted by Crippen LogP contribution is -2.57. The minimum absolute atomic E-state index is 0.0242. The van der Waals surface area contributed by atoms with E-state index in [4.69, 9.17) is 4.74 Å². The molecule has 1 N–H and O–H groups in total. The van der Waals surface area contributed by atoms with E-state index in [1.54, 1.807) is 4.90 Å². The Morgan fingerprint density at radius 2 is 2.24 bits per heavy atom. The number of nitrogens with one attached hydrogen (secondary N) is 1. The summed E-state index contributed by atoms with van der Waals surface area (Å²) in [5.74, 6) is 0.739. The summed E-state index contributed by atoms with van der Waals surface area (Å²) in [6.45, 7) is 3.08. The molecule has 0 spiro atoms. The number of hydrogen-bond donors (Lipinski definition) is 1. The second kappa shape index (κ2) is 5.67. The van der Waals surface area contributed by atoms with Crippen molar-refractivity contribution in [3.05, 3.63) is 27.7 Å². The Balaban J connectivity index is 1.86. The third kappa shape index (κ3) is 2.77. The molecule has 5 nitrogen and oxygen atoms in total. The van der Waals surface area contributed by atoms with Gasteiger partial charge in [0.1, 0.15) is 11.8 Å². The molecule has 21 heavy (non-hydrogen) atoms. The van der Waals surface area contributed by atoms with Gasteiger partial charge in [-0.1, -0.05) is 22.9 Å². The summed E-state index contributed by atoms with van der Waals surface area (Å²) in [6.07, 6.45) is 1.49. The van der Waals surface area contributed by atoms with Crippen molar-refractivity contribution in [2.75, 3.05) is 13.2 Å². The number of nitrogens with zero attached hydrogens (tertiary/aromatic N) is 1. The van der Waals surface area contributed by atoms with Gasteiger partial charge in [0.2, 0.25) is 11.8 Å². The minimum Gasteiger partial charge on any atom is -0.493 e. The zero-order valence-electron chi connectivity index (χ0n) is 11.8. The SMILES string of the molecule is CCC1NC(=O)CN(Cc2cc(Br)cc3c2OCC3)C1=O. The van der Waals surface area contributed by atoms with Crippen LogP contribution in [0.15, 0.2) is 16.6 Å². The topological polar surface area (TPSA) is 58.6 Å². The normalized spacial score (nSPS) is 21.0. The molecule has 1 saturated heterocycles. The standard InChI is InChI=1S/C15H17BrN2O3/c1-2-12-15(20)18(8-13(19)17-12)7-10-6-11(16)5-9-3-4-21-14(9)10/h5-6,12H,2-4,7-8H2,1H3,(H,17,19). The van der Waals surface area contributed by atoms with Crippen LogP contribution in [0, 0.1) is 0 Å². The molecule has 0 saturated carbocycles. The molecule has 2 amide bonds. The van der Waals surface area contributed by atoms with Crippen molar-refractivity contribution in [1.29, 1.82) is 0 Å². The highest BCUT2D eigenvalue weighted by Gasteiger charge is 2.32. The number of piperazine rings is 1. The fourth-order valence-electron chi connectivity index (χ4n) is 2.85. The van der Waals surface area contributed by atoms with Gasteiger partial charge in [-0.05, 0) is 24.1 Å². The van der Waals surface area contributed by atoms with E-state index < -0.39 is 6.04 Å². The highest BCUT2D eigenvalue weighted by molar-refractivity contribution is 9.10. The highest BCUT2D eigenvalue weighted by atomic mass is 79.9. The number of fused-ring (bicyclic) bond motifs is 1. The van der Waals surface area contributed by atoms with Gasteiger partial charge in [-0.2, -0.15) is 0 Å². The maximum absolute atomic E-state index is 12.4. The average Bonchev–Trinajstić information content (AvgIpc) is 2.90. The Hall–Kier alpha value is -1.56. The van der Waals surface area contributed by atoms with Crippen molar-refractivity contribution in [2.24, 2.45) is 0 Å². The summed E-state index contributed by atoms with van der Waals surface area (Å²) in [6, 6.07) is 3.60. The number of halogens is 1. The Morgan fingerprint density at radius 1 is 1.43 bits per heavy atom. The molecule has 2 heterocycles. The van der Waals surface area contributed by atoms with E-state index in [1.807, 2.05) is 19.1 Å². The maximum Gasteiger partial charge on any atom is 0.245 e. The van der Waals surface area contributed by atoms with Crippen LogP contribution in [0.25, 0.3) is 0 Å². The molecule has 1 aromatic rings. The smallest absolute Gasteiger partial charge is 0.245 e. The first-order valence-corrected chi connectivity index (χ1v) is 7.90. The molecule has 1 fully saturated rings. The highest BCUT2D eigenvalue weighted by Crippen LogP contribution is 2.34. The summed E-state index contributed by atoms with van der Waals surface area (Å²) in [5.41, 5.74) is 2.11. The van der Waals surface area contributed by atoms with Crippen LogP contribution in [0.2, 0.25) is 0 Å². The number of rotatable bonds is 3. The molecule has 112 valence electrons. The van der Waals surface area contributed by atoms with Crippen molar-refractivity contribution in [2.45, 2.75) is 32.4 Å². The molecule has 0 bridgehead atoms. The van der Waals surface area contributed by atoms with Crippen LogP contribution in [0.4, 0.5) is 0 Å². The number of hydrogen-bond acceptors (Lipinski definition) is 3. The van der Waals surface area contributed by atoms with Crippen molar-refractivity contribution in [3.63, 3.8) is 0 Å². The Morgan fingerprint density at radius 3 is 3.00 bits per heavy atom. The Labute approximate surface area is 131 Å². The first kappa shape index (κ1) is 14.4. The third-order valence-corrected chi connectivity index (χ3v) is 4.33. The van der Waals surface area contributed by atoms with Gasteiger partial charge >= 0.3 is 0 Å². The summed E-state index contributed by atoms with van der Waals surface area (Å²) in [5, 5.41) is 2.72. The molecule has 1 unspecified atom stereocenters. The molecule has 0 radical (unpaired) electrons. The average molecular weight is 353 g/mol. The first-order valence-electron chi connectivity index (χ1n) is 7.10. The largest absolute Gasteiger partial charge is 0.493 e. The van der Waals surface area contributed by atoms with E-state index >= 15 is 0 Å². The fourth-order valence-corrected chi connectivity index (χ4v) is 3.41. The van der Waals surface area contributed by atoms with E-state index in [9.17, 15) is 9.59 Å². The predicted octanol–water partition coefficient (Wildman–Crippen LogP) is 1.62. The van der Waals surface area contributed by atoms with Gasteiger partial charge in [-0.3, -0.25) is 9.59 Å². The quantitative estimate of drug-likeness (QED) is 0.899. The van der Waals surface area contributed by atoms with Gasteiger partial charge in [-0.25, -0.2) is 0 Å². The van der Waals surface area contributed by atoms with Crippen molar-refractivity contribution < 1.29 is 14.3 Å². The lowest BCUT2D eigenvalue weighted by Gasteiger charge is -2.32. The summed E-state index contributed by atoms with van der Waals surface area (Å²) in [4.78, 5) is 25.7. The summed E-state index contributed by atoms with van der Waals surface area (Å²) >= 11 is 3.49. The van der Waals surface area contributed by atoms with E-state index in [0.717, 1.165) is 27.8 Å². The van der Waals surface area contributed by atoms with Crippen LogP contribution < -0.4 is 10.1 Å². The molecule has 2 aliphatic rings. The second-order valence-electron chi connectivity index (χ2n) is 5.37. The van der Waals surface area contributed by atoms with Gasteiger partial charge in [0.05, 0.1) is 13.2 Å². The second-order valence-corrected chi connectivity index (χ2v) is 6.29. The van der Waals surface area contributed by atoms with Crippen LogP contribution >= 0.6 is 15.9 Å². The maximum atomic E-state index is 12.4. The zero-order valence-corrected chi connectivity index (χ0v) is 13.4. The van der Waals surface area contributed by atoms with E-state index in [1.165, 1.54) is 0 Å². The molecular formula is C15H17BrN2O3. The van der Waals surface area contributed by atoms with Crippen molar-refractivity contribution in [1.82, 2.24) is 10.2 Å². The van der Waals surface area contributed by atoms with Crippen molar-refractivity contribution in [3.8, 4) is 5.75 Å².